The van der Waals surface area contributed by atoms with Crippen LogP contribution >= 0.6 is 0 Å². The van der Waals surface area contributed by atoms with Crippen LogP contribution in [0.25, 0.3) is 0 Å². The zero-order valence-electron chi connectivity index (χ0n) is 17.6. The van der Waals surface area contributed by atoms with Gasteiger partial charge in [-0.2, -0.15) is 0 Å². The first-order chi connectivity index (χ1) is 14.7. The van der Waals surface area contributed by atoms with Crippen LogP contribution in [0.1, 0.15) is 48.6 Å². The van der Waals surface area contributed by atoms with Crippen LogP contribution in [-0.4, -0.2) is 49.2 Å². The number of carbonyl (C=O) groups is 2. The monoisotopic (exact) mass is 404 g/mol. The van der Waals surface area contributed by atoms with Gasteiger partial charge in [-0.3, -0.25) is 14.6 Å². The average Bonchev–Trinajstić information content (AvgIpc) is 3.10. The van der Waals surface area contributed by atoms with E-state index in [4.69, 9.17) is 4.74 Å². The molecular formula is C24H29BN2O3. The lowest BCUT2D eigenvalue weighted by Crippen LogP contribution is -2.42. The zero-order chi connectivity index (χ0) is 20.9. The topological polar surface area (TPSA) is 59.5 Å². The normalized spacial score (nSPS) is 22.2. The molecule has 0 N–H and O–H groups in total. The lowest BCUT2D eigenvalue weighted by molar-refractivity contribution is -0.142. The fourth-order valence-corrected chi connectivity index (χ4v) is 5.23. The van der Waals surface area contributed by atoms with Gasteiger partial charge in [0.1, 0.15) is 0 Å². The summed E-state index contributed by atoms with van der Waals surface area (Å²) in [4.78, 5) is 31.2. The number of fused-ring (bicyclic) bond motifs is 3. The number of rotatable bonds is 7. The quantitative estimate of drug-likeness (QED) is 0.405. The predicted molar refractivity (Wildman–Crippen MR) is 118 cm³/mol. The molecule has 1 aliphatic heterocycles. The van der Waals surface area contributed by atoms with Crippen LogP contribution in [0.3, 0.4) is 0 Å². The second-order valence-electron chi connectivity index (χ2n) is 8.44. The molecule has 156 valence electrons. The summed E-state index contributed by atoms with van der Waals surface area (Å²) in [6, 6.07) is 14.4. The first kappa shape index (κ1) is 20.6. The highest BCUT2D eigenvalue weighted by Gasteiger charge is 2.44. The maximum absolute atomic E-state index is 12.9. The molecule has 6 heteroatoms. The lowest BCUT2D eigenvalue weighted by Gasteiger charge is -2.37. The standard InChI is InChI=1S/C24H29BN2O3/c1-30-24(29)15-20-17-7-2-3-8-18(17)21-16-27(14-11-19(20)21)23(28)10-6-12-25-22-9-4-5-13-26-22/h2-5,7-9,13,19-21,25H,6,10-12,14-16H2,1H3. The number of pyridine rings is 1. The molecule has 2 heterocycles. The van der Waals surface area contributed by atoms with Crippen LogP contribution in [0, 0.1) is 5.92 Å². The summed E-state index contributed by atoms with van der Waals surface area (Å²) in [6.07, 6.45) is 5.65. The first-order valence-corrected chi connectivity index (χ1v) is 11.0. The highest BCUT2D eigenvalue weighted by Crippen LogP contribution is 2.51. The molecular weight excluding hydrogens is 375 g/mol. The van der Waals surface area contributed by atoms with E-state index in [1.165, 1.54) is 18.2 Å². The van der Waals surface area contributed by atoms with Gasteiger partial charge < -0.3 is 9.64 Å². The molecule has 5 nitrogen and oxygen atoms in total. The van der Waals surface area contributed by atoms with E-state index in [1.54, 1.807) is 0 Å². The van der Waals surface area contributed by atoms with Crippen molar-refractivity contribution in [2.75, 3.05) is 20.2 Å². The minimum absolute atomic E-state index is 0.151. The largest absolute Gasteiger partial charge is 0.469 e. The number of piperidine rings is 1. The molecule has 1 fully saturated rings. The number of methoxy groups -OCH3 is 1. The summed E-state index contributed by atoms with van der Waals surface area (Å²) in [6.45, 7) is 1.55. The van der Waals surface area contributed by atoms with E-state index in [9.17, 15) is 9.59 Å². The highest BCUT2D eigenvalue weighted by atomic mass is 16.5. The third-order valence-corrected chi connectivity index (χ3v) is 6.74. The number of amides is 1. The van der Waals surface area contributed by atoms with E-state index >= 15 is 0 Å². The van der Waals surface area contributed by atoms with Crippen molar-refractivity contribution in [3.8, 4) is 0 Å². The third kappa shape index (κ3) is 4.42. The van der Waals surface area contributed by atoms with Gasteiger partial charge in [0.05, 0.1) is 13.5 Å². The number of likely N-dealkylation sites (tertiary alicyclic amines) is 1. The molecule has 1 amide bonds. The minimum Gasteiger partial charge on any atom is -0.469 e. The van der Waals surface area contributed by atoms with Gasteiger partial charge in [0.15, 0.2) is 7.28 Å². The van der Waals surface area contributed by atoms with Gasteiger partial charge in [0.2, 0.25) is 5.91 Å². The Morgan fingerprint density at radius 3 is 2.73 bits per heavy atom. The van der Waals surface area contributed by atoms with Gasteiger partial charge in [-0.05, 0) is 41.0 Å². The van der Waals surface area contributed by atoms with Gasteiger partial charge in [-0.15, -0.1) is 0 Å². The van der Waals surface area contributed by atoms with E-state index in [2.05, 4.69) is 23.2 Å². The fraction of sp³-hybridized carbons (Fsp3) is 0.458. The van der Waals surface area contributed by atoms with Gasteiger partial charge in [-0.25, -0.2) is 0 Å². The van der Waals surface area contributed by atoms with E-state index < -0.39 is 0 Å². The number of benzene rings is 1. The molecule has 3 atom stereocenters. The van der Waals surface area contributed by atoms with Gasteiger partial charge >= 0.3 is 5.97 Å². The molecule has 2 aromatic rings. The Morgan fingerprint density at radius 2 is 1.97 bits per heavy atom. The van der Waals surface area contributed by atoms with Crippen molar-refractivity contribution in [3.63, 3.8) is 0 Å². The van der Waals surface area contributed by atoms with Gasteiger partial charge in [0.25, 0.3) is 0 Å². The Labute approximate surface area is 179 Å². The Bertz CT molecular complexity index is 889. The molecule has 1 saturated heterocycles. The van der Waals surface area contributed by atoms with Crippen LogP contribution in [0.15, 0.2) is 48.7 Å². The average molecular weight is 404 g/mol. The summed E-state index contributed by atoms with van der Waals surface area (Å²) in [5, 5.41) is 0. The fourth-order valence-electron chi connectivity index (χ4n) is 5.23. The van der Waals surface area contributed by atoms with Crippen LogP contribution in [0.4, 0.5) is 0 Å². The molecule has 1 aromatic heterocycles. The number of hydrogen-bond acceptors (Lipinski definition) is 4. The molecule has 1 aliphatic carbocycles. The summed E-state index contributed by atoms with van der Waals surface area (Å²) < 4.78 is 4.95. The Hall–Kier alpha value is -2.63. The predicted octanol–water partition coefficient (Wildman–Crippen LogP) is 2.63. The number of nitrogens with zero attached hydrogens (tertiary/aromatic N) is 2. The molecule has 0 saturated carbocycles. The van der Waals surface area contributed by atoms with Gasteiger partial charge in [0, 0.05) is 31.6 Å². The molecule has 0 spiro atoms. The van der Waals surface area contributed by atoms with E-state index in [-0.39, 0.29) is 17.8 Å². The summed E-state index contributed by atoms with van der Waals surface area (Å²) in [5.41, 5.74) is 3.66. The molecule has 0 bridgehead atoms. The van der Waals surface area contributed by atoms with Gasteiger partial charge in [-0.1, -0.05) is 49.1 Å². The Morgan fingerprint density at radius 1 is 1.17 bits per heavy atom. The molecule has 30 heavy (non-hydrogen) atoms. The number of ether oxygens (including phenoxy) is 1. The molecule has 4 rings (SSSR count). The van der Waals surface area contributed by atoms with Crippen LogP contribution < -0.4 is 5.59 Å². The Balaban J connectivity index is 1.34. The second kappa shape index (κ2) is 9.46. The van der Waals surface area contributed by atoms with Crippen molar-refractivity contribution in [2.45, 2.75) is 43.8 Å². The molecule has 3 unspecified atom stereocenters. The first-order valence-electron chi connectivity index (χ1n) is 11.0. The molecule has 2 aliphatic rings. The number of aromatic nitrogens is 1. The SMILES string of the molecule is COC(=O)CC1c2ccccc2C2CN(C(=O)CCCBc3ccccn3)CCC12. The summed E-state index contributed by atoms with van der Waals surface area (Å²) >= 11 is 0. The number of carbonyl (C=O) groups excluding carboxylic acids is 2. The van der Waals surface area contributed by atoms with Crippen molar-refractivity contribution in [2.24, 2.45) is 5.92 Å². The minimum atomic E-state index is -0.151. The molecule has 1 aromatic carbocycles. The second-order valence-corrected chi connectivity index (χ2v) is 8.44. The maximum Gasteiger partial charge on any atom is 0.306 e. The van der Waals surface area contributed by atoms with Crippen LogP contribution in [0.2, 0.25) is 6.32 Å². The van der Waals surface area contributed by atoms with Crippen molar-refractivity contribution in [1.29, 1.82) is 0 Å². The van der Waals surface area contributed by atoms with Crippen molar-refractivity contribution < 1.29 is 14.3 Å². The summed E-state index contributed by atoms with van der Waals surface area (Å²) in [5.74, 6) is 1.04. The maximum atomic E-state index is 12.9. The number of esters is 1. The van der Waals surface area contributed by atoms with Crippen molar-refractivity contribution >= 4 is 24.7 Å². The van der Waals surface area contributed by atoms with Crippen LogP contribution in [-0.2, 0) is 14.3 Å². The van der Waals surface area contributed by atoms with E-state index in [1.807, 2.05) is 35.4 Å². The highest BCUT2D eigenvalue weighted by molar-refractivity contribution is 6.52. The van der Waals surface area contributed by atoms with Crippen LogP contribution in [0.5, 0.6) is 0 Å². The summed E-state index contributed by atoms with van der Waals surface area (Å²) in [7, 11) is 2.37. The Kier molecular flexibility index (Phi) is 6.51. The van der Waals surface area contributed by atoms with Crippen molar-refractivity contribution in [3.05, 3.63) is 59.8 Å². The smallest absolute Gasteiger partial charge is 0.306 e. The third-order valence-electron chi connectivity index (χ3n) is 6.74. The van der Waals surface area contributed by atoms with Crippen molar-refractivity contribution in [1.82, 2.24) is 9.88 Å². The van der Waals surface area contributed by atoms with E-state index in [0.717, 1.165) is 45.1 Å². The zero-order valence-corrected chi connectivity index (χ0v) is 17.6. The lowest BCUT2D eigenvalue weighted by atomic mass is 9.69. The van der Waals surface area contributed by atoms with E-state index in [0.29, 0.717) is 24.7 Å². The molecule has 0 radical (unpaired) electrons. The number of hydrogen-bond donors (Lipinski definition) is 0.